The molecule has 96 valence electrons. The third-order valence-electron chi connectivity index (χ3n) is 2.09. The summed E-state index contributed by atoms with van der Waals surface area (Å²) in [4.78, 5) is 8.97. The van der Waals surface area contributed by atoms with E-state index in [0.717, 1.165) is 4.90 Å². The van der Waals surface area contributed by atoms with Gasteiger partial charge in [-0.05, 0) is 13.8 Å². The zero-order chi connectivity index (χ0) is 13.1. The summed E-state index contributed by atoms with van der Waals surface area (Å²) in [6, 6.07) is 0. The Bertz CT molecular complexity index is 382. The molecule has 1 heterocycles. The second kappa shape index (κ2) is 5.31. The van der Waals surface area contributed by atoms with Gasteiger partial charge in [-0.15, -0.1) is 0 Å². The first-order valence-electron chi connectivity index (χ1n) is 5.06. The minimum Gasteiger partial charge on any atom is -0.395 e. The Hall–Kier alpha value is -1.37. The van der Waals surface area contributed by atoms with Crippen LogP contribution in [0.15, 0.2) is 6.20 Å². The predicted molar refractivity (Wildman–Crippen MR) is 56.9 cm³/mol. The lowest BCUT2D eigenvalue weighted by Gasteiger charge is -2.25. The SMILES string of the molecule is Cc1cnc(C)c(N(CCO)CC(F)(F)F)n1. The van der Waals surface area contributed by atoms with E-state index in [4.69, 9.17) is 5.11 Å². The number of hydrogen-bond acceptors (Lipinski definition) is 4. The smallest absolute Gasteiger partial charge is 0.395 e. The van der Waals surface area contributed by atoms with Gasteiger partial charge in [-0.1, -0.05) is 0 Å². The molecule has 4 nitrogen and oxygen atoms in total. The quantitative estimate of drug-likeness (QED) is 0.877. The summed E-state index contributed by atoms with van der Waals surface area (Å²) in [5, 5.41) is 8.80. The van der Waals surface area contributed by atoms with E-state index in [-0.39, 0.29) is 19.0 Å². The highest BCUT2D eigenvalue weighted by molar-refractivity contribution is 5.43. The summed E-state index contributed by atoms with van der Waals surface area (Å²) >= 11 is 0. The Labute approximate surface area is 97.1 Å². The molecule has 0 fully saturated rings. The zero-order valence-electron chi connectivity index (χ0n) is 9.62. The number of aromatic nitrogens is 2. The molecule has 0 saturated heterocycles. The largest absolute Gasteiger partial charge is 0.405 e. The van der Waals surface area contributed by atoms with E-state index < -0.39 is 12.7 Å². The Kier molecular flexibility index (Phi) is 4.28. The van der Waals surface area contributed by atoms with Gasteiger partial charge in [-0.25, -0.2) is 4.98 Å². The molecule has 0 bridgehead atoms. The molecule has 7 heteroatoms. The summed E-state index contributed by atoms with van der Waals surface area (Å²) in [5.41, 5.74) is 0.948. The second-order valence-electron chi connectivity index (χ2n) is 3.68. The van der Waals surface area contributed by atoms with Crippen molar-refractivity contribution in [3.05, 3.63) is 17.6 Å². The van der Waals surface area contributed by atoms with Crippen LogP contribution >= 0.6 is 0 Å². The lowest BCUT2D eigenvalue weighted by atomic mass is 10.3. The van der Waals surface area contributed by atoms with E-state index in [1.165, 1.54) is 6.20 Å². The third-order valence-corrected chi connectivity index (χ3v) is 2.09. The van der Waals surface area contributed by atoms with Gasteiger partial charge in [0.1, 0.15) is 6.54 Å². The second-order valence-corrected chi connectivity index (χ2v) is 3.68. The first kappa shape index (κ1) is 13.7. The van der Waals surface area contributed by atoms with Crippen molar-refractivity contribution in [3.8, 4) is 0 Å². The molecule has 17 heavy (non-hydrogen) atoms. The number of hydrogen-bond donors (Lipinski definition) is 1. The van der Waals surface area contributed by atoms with Gasteiger partial charge in [0.05, 0.1) is 18.0 Å². The standard InChI is InChI=1S/C10H14F3N3O/c1-7-5-14-8(2)9(15-7)16(3-4-17)6-10(11,12)13/h5,17H,3-4,6H2,1-2H3. The van der Waals surface area contributed by atoms with Crippen LogP contribution in [-0.4, -0.2) is 40.9 Å². The molecule has 1 rings (SSSR count). The van der Waals surface area contributed by atoms with Crippen LogP contribution in [0, 0.1) is 13.8 Å². The van der Waals surface area contributed by atoms with Crippen molar-refractivity contribution in [1.82, 2.24) is 9.97 Å². The molecule has 0 spiro atoms. The molecule has 0 unspecified atom stereocenters. The molecule has 0 amide bonds. The van der Waals surface area contributed by atoms with Gasteiger partial charge < -0.3 is 10.0 Å². The number of anilines is 1. The van der Waals surface area contributed by atoms with Crippen molar-refractivity contribution in [2.24, 2.45) is 0 Å². The van der Waals surface area contributed by atoms with Crippen LogP contribution in [0.25, 0.3) is 0 Å². The fraction of sp³-hybridized carbons (Fsp3) is 0.600. The Morgan fingerprint density at radius 3 is 2.53 bits per heavy atom. The number of aryl methyl sites for hydroxylation is 2. The van der Waals surface area contributed by atoms with Crippen LogP contribution in [0.4, 0.5) is 19.0 Å². The van der Waals surface area contributed by atoms with Crippen molar-refractivity contribution in [2.75, 3.05) is 24.6 Å². The Morgan fingerprint density at radius 2 is 2.00 bits per heavy atom. The van der Waals surface area contributed by atoms with Gasteiger partial charge in [0.25, 0.3) is 0 Å². The summed E-state index contributed by atoms with van der Waals surface area (Å²) in [6.45, 7) is 1.60. The molecule has 0 aromatic carbocycles. The molecular weight excluding hydrogens is 235 g/mol. The maximum Gasteiger partial charge on any atom is 0.405 e. The van der Waals surface area contributed by atoms with Gasteiger partial charge in [-0.2, -0.15) is 13.2 Å². The van der Waals surface area contributed by atoms with E-state index in [1.54, 1.807) is 13.8 Å². The highest BCUT2D eigenvalue weighted by atomic mass is 19.4. The van der Waals surface area contributed by atoms with Crippen LogP contribution < -0.4 is 4.90 Å². The van der Waals surface area contributed by atoms with Crippen LogP contribution in [0.5, 0.6) is 0 Å². The maximum absolute atomic E-state index is 12.4. The van der Waals surface area contributed by atoms with Crippen molar-refractivity contribution < 1.29 is 18.3 Å². The van der Waals surface area contributed by atoms with E-state index in [1.807, 2.05) is 0 Å². The molecule has 0 radical (unpaired) electrons. The number of nitrogens with zero attached hydrogens (tertiary/aromatic N) is 3. The average molecular weight is 249 g/mol. The van der Waals surface area contributed by atoms with Crippen molar-refractivity contribution in [1.29, 1.82) is 0 Å². The predicted octanol–water partition coefficient (Wildman–Crippen LogP) is 1.45. The number of halogens is 3. The normalized spacial score (nSPS) is 11.6. The first-order valence-corrected chi connectivity index (χ1v) is 5.06. The van der Waals surface area contributed by atoms with E-state index in [0.29, 0.717) is 11.4 Å². The van der Waals surface area contributed by atoms with Crippen LogP contribution in [-0.2, 0) is 0 Å². The minimum atomic E-state index is -4.34. The van der Waals surface area contributed by atoms with E-state index in [2.05, 4.69) is 9.97 Å². The highest BCUT2D eigenvalue weighted by Gasteiger charge is 2.31. The summed E-state index contributed by atoms with van der Waals surface area (Å²) < 4.78 is 37.1. The van der Waals surface area contributed by atoms with Gasteiger partial charge in [0.2, 0.25) is 0 Å². The Morgan fingerprint density at radius 1 is 1.35 bits per heavy atom. The van der Waals surface area contributed by atoms with Gasteiger partial charge in [0, 0.05) is 12.7 Å². The zero-order valence-corrected chi connectivity index (χ0v) is 9.62. The lowest BCUT2D eigenvalue weighted by molar-refractivity contribution is -0.120. The summed E-state index contributed by atoms with van der Waals surface area (Å²) in [6.07, 6.45) is -2.85. The molecule has 0 saturated carbocycles. The van der Waals surface area contributed by atoms with Crippen LogP contribution in [0.2, 0.25) is 0 Å². The third kappa shape index (κ3) is 4.18. The van der Waals surface area contributed by atoms with Crippen LogP contribution in [0.1, 0.15) is 11.4 Å². The molecule has 0 aliphatic carbocycles. The van der Waals surface area contributed by atoms with E-state index >= 15 is 0 Å². The molecule has 0 atom stereocenters. The number of alkyl halides is 3. The Balaban J connectivity index is 3.00. The average Bonchev–Trinajstić information content (AvgIpc) is 2.19. The summed E-state index contributed by atoms with van der Waals surface area (Å²) in [7, 11) is 0. The molecule has 1 N–H and O–H groups in total. The molecule has 1 aromatic heterocycles. The van der Waals surface area contributed by atoms with Crippen molar-refractivity contribution >= 4 is 5.82 Å². The fourth-order valence-corrected chi connectivity index (χ4v) is 1.42. The topological polar surface area (TPSA) is 49.2 Å². The maximum atomic E-state index is 12.4. The lowest BCUT2D eigenvalue weighted by Crippen LogP contribution is -2.37. The molecule has 1 aromatic rings. The fourth-order valence-electron chi connectivity index (χ4n) is 1.42. The van der Waals surface area contributed by atoms with Crippen LogP contribution in [0.3, 0.4) is 0 Å². The summed E-state index contributed by atoms with van der Waals surface area (Å²) in [5.74, 6) is 0.163. The molecule has 0 aliphatic rings. The minimum absolute atomic E-state index is 0.127. The monoisotopic (exact) mass is 249 g/mol. The van der Waals surface area contributed by atoms with Gasteiger partial charge >= 0.3 is 6.18 Å². The molecule has 0 aliphatic heterocycles. The van der Waals surface area contributed by atoms with Gasteiger partial charge in [-0.3, -0.25) is 4.98 Å². The first-order chi connectivity index (χ1) is 7.83. The van der Waals surface area contributed by atoms with Crippen molar-refractivity contribution in [3.63, 3.8) is 0 Å². The van der Waals surface area contributed by atoms with Crippen molar-refractivity contribution in [2.45, 2.75) is 20.0 Å². The number of aliphatic hydroxyl groups is 1. The number of aliphatic hydroxyl groups excluding tert-OH is 1. The molecular formula is C10H14F3N3O. The number of rotatable bonds is 4. The van der Waals surface area contributed by atoms with Gasteiger partial charge in [0.15, 0.2) is 5.82 Å². The van der Waals surface area contributed by atoms with E-state index in [9.17, 15) is 13.2 Å². The highest BCUT2D eigenvalue weighted by Crippen LogP contribution is 2.22.